The highest BCUT2D eigenvalue weighted by Gasteiger charge is 2.23. The third-order valence-corrected chi connectivity index (χ3v) is 4.83. The zero-order valence-corrected chi connectivity index (χ0v) is 14.1. The maximum atomic E-state index is 13.1. The van der Waals surface area contributed by atoms with E-state index < -0.39 is 11.9 Å². The minimum atomic E-state index is -0.846. The number of hydrogen-bond donors (Lipinski definition) is 1. The average molecular weight is 354 g/mol. The zero-order valence-electron chi connectivity index (χ0n) is 14.1. The van der Waals surface area contributed by atoms with Gasteiger partial charge in [-0.1, -0.05) is 30.2 Å². The second kappa shape index (κ2) is 6.70. The zero-order chi connectivity index (χ0) is 18.1. The quantitative estimate of drug-likeness (QED) is 0.762. The Balaban J connectivity index is 1.61. The van der Waals surface area contributed by atoms with E-state index in [1.54, 1.807) is 12.4 Å². The summed E-state index contributed by atoms with van der Waals surface area (Å²) in [6.45, 7) is 0. The van der Waals surface area contributed by atoms with E-state index in [0.717, 1.165) is 18.4 Å². The molecule has 0 saturated heterocycles. The van der Waals surface area contributed by atoms with E-state index in [-0.39, 0.29) is 5.82 Å². The minimum Gasteiger partial charge on any atom is -0.368 e. The van der Waals surface area contributed by atoms with Gasteiger partial charge in [0.25, 0.3) is 0 Å². The van der Waals surface area contributed by atoms with Gasteiger partial charge in [-0.05, 0) is 30.5 Å². The number of carbonyl (C=O) groups excluding carboxylic acids is 1. The van der Waals surface area contributed by atoms with Crippen LogP contribution < -0.4 is 5.73 Å². The summed E-state index contributed by atoms with van der Waals surface area (Å²) in [6.07, 6.45) is 10.1. The van der Waals surface area contributed by atoms with Crippen LogP contribution in [-0.4, -0.2) is 30.7 Å². The van der Waals surface area contributed by atoms with Crippen LogP contribution in [0.25, 0.3) is 11.3 Å². The lowest BCUT2D eigenvalue weighted by atomic mass is 10.1. The second-order valence-electron chi connectivity index (χ2n) is 6.59. The van der Waals surface area contributed by atoms with Crippen molar-refractivity contribution in [1.82, 2.24) is 24.8 Å². The fourth-order valence-electron chi connectivity index (χ4n) is 3.47. The highest BCUT2D eigenvalue weighted by atomic mass is 19.1. The number of nitrogens with two attached hydrogens (primary N) is 1. The molecular weight excluding hydrogens is 335 g/mol. The summed E-state index contributed by atoms with van der Waals surface area (Å²) in [6, 6.07) is 5.20. The molecule has 1 saturated carbocycles. The molecule has 1 atom stereocenters. The van der Waals surface area contributed by atoms with E-state index in [4.69, 9.17) is 5.73 Å². The fourth-order valence-corrected chi connectivity index (χ4v) is 3.47. The molecule has 134 valence electrons. The molecular formula is C18H19FN6O. The van der Waals surface area contributed by atoms with Crippen LogP contribution in [0.2, 0.25) is 0 Å². The third-order valence-electron chi connectivity index (χ3n) is 4.83. The maximum absolute atomic E-state index is 13.1. The summed E-state index contributed by atoms with van der Waals surface area (Å²) in [5.41, 5.74) is 7.54. The Labute approximate surface area is 149 Å². The first kappa shape index (κ1) is 16.4. The third kappa shape index (κ3) is 3.10. The van der Waals surface area contributed by atoms with Gasteiger partial charge in [-0.2, -0.15) is 5.10 Å². The van der Waals surface area contributed by atoms with Gasteiger partial charge in [0.05, 0.1) is 18.4 Å². The summed E-state index contributed by atoms with van der Waals surface area (Å²) in [5.74, 6) is -0.967. The first-order valence-corrected chi connectivity index (χ1v) is 8.63. The lowest BCUT2D eigenvalue weighted by Crippen LogP contribution is -2.28. The Morgan fingerprint density at radius 2 is 1.92 bits per heavy atom. The fraction of sp³-hybridized carbons (Fsp3) is 0.333. The Bertz CT molecular complexity index is 910. The van der Waals surface area contributed by atoms with Crippen molar-refractivity contribution in [3.05, 3.63) is 54.2 Å². The Morgan fingerprint density at radius 1 is 1.19 bits per heavy atom. The molecule has 8 heteroatoms. The number of amides is 1. The van der Waals surface area contributed by atoms with Crippen LogP contribution in [0.4, 0.5) is 4.39 Å². The van der Waals surface area contributed by atoms with Crippen LogP contribution in [-0.2, 0) is 4.79 Å². The molecule has 0 radical (unpaired) electrons. The number of aromatic nitrogens is 5. The molecule has 1 unspecified atom stereocenters. The molecule has 3 aromatic rings. The van der Waals surface area contributed by atoms with Crippen LogP contribution in [0.15, 0.2) is 42.9 Å². The second-order valence-corrected chi connectivity index (χ2v) is 6.59. The van der Waals surface area contributed by atoms with Gasteiger partial charge in [-0.15, -0.1) is 5.10 Å². The molecule has 1 aliphatic rings. The minimum absolute atomic E-state index is 0.379. The molecule has 1 amide bonds. The van der Waals surface area contributed by atoms with Crippen molar-refractivity contribution in [2.45, 2.75) is 37.8 Å². The first-order chi connectivity index (χ1) is 12.6. The van der Waals surface area contributed by atoms with E-state index in [0.29, 0.717) is 17.3 Å². The molecule has 0 spiro atoms. The van der Waals surface area contributed by atoms with Crippen molar-refractivity contribution in [2.24, 2.45) is 5.73 Å². The van der Waals surface area contributed by atoms with Crippen LogP contribution in [0.5, 0.6) is 0 Å². The van der Waals surface area contributed by atoms with Crippen molar-refractivity contribution in [3.8, 4) is 11.3 Å². The lowest BCUT2D eigenvalue weighted by molar-refractivity contribution is -0.120. The van der Waals surface area contributed by atoms with Gasteiger partial charge in [0.2, 0.25) is 5.91 Å². The van der Waals surface area contributed by atoms with Crippen LogP contribution in [0, 0.1) is 5.82 Å². The van der Waals surface area contributed by atoms with E-state index in [1.165, 1.54) is 41.8 Å². The Hall–Kier alpha value is -3.03. The molecule has 1 aliphatic carbocycles. The molecule has 1 aromatic carbocycles. The van der Waals surface area contributed by atoms with Gasteiger partial charge in [0.1, 0.15) is 11.5 Å². The number of benzene rings is 1. The highest BCUT2D eigenvalue weighted by molar-refractivity contribution is 5.81. The molecule has 1 fully saturated rings. The van der Waals surface area contributed by atoms with Crippen molar-refractivity contribution in [1.29, 1.82) is 0 Å². The molecule has 4 rings (SSSR count). The summed E-state index contributed by atoms with van der Waals surface area (Å²) in [4.78, 5) is 11.9. The lowest BCUT2D eigenvalue weighted by Gasteiger charge is -2.13. The van der Waals surface area contributed by atoms with Crippen molar-refractivity contribution in [2.75, 3.05) is 0 Å². The summed E-state index contributed by atoms with van der Waals surface area (Å²) in [7, 11) is 0. The summed E-state index contributed by atoms with van der Waals surface area (Å²) >= 11 is 0. The summed E-state index contributed by atoms with van der Waals surface area (Å²) in [5, 5.41) is 12.6. The van der Waals surface area contributed by atoms with Gasteiger partial charge in [-0.25, -0.2) is 9.07 Å². The van der Waals surface area contributed by atoms with Crippen molar-refractivity contribution in [3.63, 3.8) is 0 Å². The monoisotopic (exact) mass is 354 g/mol. The summed E-state index contributed by atoms with van der Waals surface area (Å²) < 4.78 is 16.5. The molecule has 7 nitrogen and oxygen atoms in total. The van der Waals surface area contributed by atoms with Crippen LogP contribution >= 0.6 is 0 Å². The van der Waals surface area contributed by atoms with Gasteiger partial charge in [-0.3, -0.25) is 9.48 Å². The number of carbonyl (C=O) groups is 1. The molecule has 2 heterocycles. The number of nitrogens with zero attached hydrogens (tertiary/aromatic N) is 5. The molecule has 0 aliphatic heterocycles. The number of primary amides is 1. The predicted octanol–water partition coefficient (Wildman–Crippen LogP) is 2.47. The first-order valence-electron chi connectivity index (χ1n) is 8.63. The van der Waals surface area contributed by atoms with E-state index in [2.05, 4.69) is 15.4 Å². The van der Waals surface area contributed by atoms with Crippen LogP contribution in [0.1, 0.15) is 43.3 Å². The number of hydrogen-bond acceptors (Lipinski definition) is 4. The smallest absolute Gasteiger partial charge is 0.246 e. The maximum Gasteiger partial charge on any atom is 0.246 e. The Morgan fingerprint density at radius 3 is 2.62 bits per heavy atom. The number of rotatable bonds is 5. The molecule has 2 aromatic heterocycles. The normalized spacial score (nSPS) is 16.0. The largest absolute Gasteiger partial charge is 0.368 e. The van der Waals surface area contributed by atoms with Crippen molar-refractivity contribution >= 4 is 5.91 Å². The van der Waals surface area contributed by atoms with Gasteiger partial charge in [0.15, 0.2) is 6.04 Å². The highest BCUT2D eigenvalue weighted by Crippen LogP contribution is 2.30. The SMILES string of the molecule is NC(=O)C(c1ccc(F)cc1)n1cc(-c2cnn(C3CCCC3)c2)nn1. The predicted molar refractivity (Wildman–Crippen MR) is 92.5 cm³/mol. The van der Waals surface area contributed by atoms with Gasteiger partial charge in [0, 0.05) is 11.8 Å². The Kier molecular flexibility index (Phi) is 4.24. The average Bonchev–Trinajstić information content (AvgIpc) is 3.37. The molecule has 2 N–H and O–H groups in total. The van der Waals surface area contributed by atoms with Crippen LogP contribution in [0.3, 0.4) is 0 Å². The van der Waals surface area contributed by atoms with E-state index in [9.17, 15) is 9.18 Å². The topological polar surface area (TPSA) is 91.6 Å². The molecule has 0 bridgehead atoms. The van der Waals surface area contributed by atoms with E-state index in [1.807, 2.05) is 10.9 Å². The number of halogens is 1. The van der Waals surface area contributed by atoms with Crippen molar-refractivity contribution < 1.29 is 9.18 Å². The van der Waals surface area contributed by atoms with E-state index >= 15 is 0 Å². The molecule has 26 heavy (non-hydrogen) atoms. The van der Waals surface area contributed by atoms with Gasteiger partial charge >= 0.3 is 0 Å². The van der Waals surface area contributed by atoms with Gasteiger partial charge < -0.3 is 5.73 Å². The standard InChI is InChI=1S/C18H19FN6O/c19-14-7-5-12(6-8-14)17(18(20)26)25-11-16(22-23-25)13-9-21-24(10-13)15-3-1-2-4-15/h5-11,15,17H,1-4H2,(H2,20,26).